The molecule has 8 heteroatoms. The first-order chi connectivity index (χ1) is 19.6. The van der Waals surface area contributed by atoms with Crippen molar-refractivity contribution < 1.29 is 19.5 Å². The number of urea groups is 1. The fraction of sp³-hybridized carbons (Fsp3) is 0.212. The highest BCUT2D eigenvalue weighted by molar-refractivity contribution is 7.10. The standard InChI is InChI=1S/C33H29N3O4S/c1-20-6-12-24(13-7-20)30(37)27-28(26-5-4-18-41-26)33(3,31(38)39)36(29(27)23-14-10-22(19-34)11-15-23)32(40)35-25-16-8-21(2)9-17-25/h4-18,27-29H,1-3H3,(H,35,40)(H,38,39). The number of rotatable bonds is 6. The zero-order valence-corrected chi connectivity index (χ0v) is 23.7. The molecule has 5 rings (SSSR count). The van der Waals surface area contributed by atoms with Gasteiger partial charge in [0.25, 0.3) is 0 Å². The number of hydrogen-bond donors (Lipinski definition) is 2. The summed E-state index contributed by atoms with van der Waals surface area (Å²) in [4.78, 5) is 43.9. The van der Waals surface area contributed by atoms with E-state index in [0.717, 1.165) is 11.1 Å². The number of anilines is 1. The third-order valence-corrected chi connectivity index (χ3v) is 8.86. The Kier molecular flexibility index (Phi) is 7.48. The topological polar surface area (TPSA) is 111 Å². The van der Waals surface area contributed by atoms with E-state index in [1.807, 2.05) is 55.6 Å². The van der Waals surface area contributed by atoms with Gasteiger partial charge in [0.15, 0.2) is 5.78 Å². The van der Waals surface area contributed by atoms with Gasteiger partial charge in [0.1, 0.15) is 5.54 Å². The third kappa shape index (κ3) is 5.01. The average molecular weight is 564 g/mol. The van der Waals surface area contributed by atoms with E-state index < -0.39 is 35.4 Å². The van der Waals surface area contributed by atoms with Crippen LogP contribution in [0.1, 0.15) is 56.4 Å². The molecule has 0 saturated carbocycles. The number of benzene rings is 3. The predicted molar refractivity (Wildman–Crippen MR) is 158 cm³/mol. The molecule has 7 nitrogen and oxygen atoms in total. The van der Waals surface area contributed by atoms with Gasteiger partial charge in [0.2, 0.25) is 0 Å². The zero-order valence-electron chi connectivity index (χ0n) is 22.9. The Morgan fingerprint density at radius 1 is 0.927 bits per heavy atom. The molecule has 1 fully saturated rings. The van der Waals surface area contributed by atoms with Gasteiger partial charge >= 0.3 is 12.0 Å². The number of aliphatic carboxylic acids is 1. The minimum Gasteiger partial charge on any atom is -0.479 e. The van der Waals surface area contributed by atoms with E-state index in [1.54, 1.807) is 48.5 Å². The molecule has 1 aliphatic heterocycles. The van der Waals surface area contributed by atoms with Crippen LogP contribution in [0.4, 0.5) is 10.5 Å². The van der Waals surface area contributed by atoms with Crippen molar-refractivity contribution >= 4 is 34.8 Å². The molecule has 2 amide bonds. The van der Waals surface area contributed by atoms with Gasteiger partial charge in [-0.3, -0.25) is 9.69 Å². The molecular formula is C33H29N3O4S. The maximum Gasteiger partial charge on any atom is 0.330 e. The van der Waals surface area contributed by atoms with Crippen LogP contribution in [-0.2, 0) is 4.79 Å². The van der Waals surface area contributed by atoms with Crippen molar-refractivity contribution in [1.82, 2.24) is 4.90 Å². The maximum absolute atomic E-state index is 14.4. The van der Waals surface area contributed by atoms with Crippen LogP contribution in [0.15, 0.2) is 90.3 Å². The molecule has 0 spiro atoms. The van der Waals surface area contributed by atoms with Gasteiger partial charge in [0.05, 0.1) is 23.6 Å². The lowest BCUT2D eigenvalue weighted by Gasteiger charge is -2.37. The second-order valence-electron chi connectivity index (χ2n) is 10.5. The van der Waals surface area contributed by atoms with E-state index in [-0.39, 0.29) is 5.78 Å². The van der Waals surface area contributed by atoms with Crippen molar-refractivity contribution in [2.45, 2.75) is 38.3 Å². The summed E-state index contributed by atoms with van der Waals surface area (Å²) in [5.74, 6) is -3.24. The lowest BCUT2D eigenvalue weighted by Crippen LogP contribution is -2.55. The summed E-state index contributed by atoms with van der Waals surface area (Å²) in [6, 6.07) is 25.2. The zero-order chi connectivity index (χ0) is 29.3. The first-order valence-corrected chi connectivity index (χ1v) is 14.1. The number of nitriles is 1. The molecule has 0 bridgehead atoms. The Morgan fingerprint density at radius 3 is 2.07 bits per heavy atom. The number of nitrogens with one attached hydrogen (secondary N) is 1. The minimum absolute atomic E-state index is 0.254. The first-order valence-electron chi connectivity index (χ1n) is 13.2. The normalized spacial score (nSPS) is 21.7. The number of ketones is 1. The number of carboxylic acids is 1. The summed E-state index contributed by atoms with van der Waals surface area (Å²) in [6.45, 7) is 5.38. The number of likely N-dealkylation sites (tertiary alicyclic amines) is 1. The van der Waals surface area contributed by atoms with Crippen LogP contribution in [0.3, 0.4) is 0 Å². The van der Waals surface area contributed by atoms with E-state index in [1.165, 1.54) is 23.2 Å². The maximum atomic E-state index is 14.4. The van der Waals surface area contributed by atoms with Crippen LogP contribution < -0.4 is 5.32 Å². The highest BCUT2D eigenvalue weighted by atomic mass is 32.1. The highest BCUT2D eigenvalue weighted by Gasteiger charge is 2.65. The molecule has 1 aliphatic rings. The molecule has 0 radical (unpaired) electrons. The number of Topliss-reactive ketones (excluding diaryl/α,β-unsaturated/α-hetero) is 1. The number of aryl methyl sites for hydroxylation is 2. The Morgan fingerprint density at radius 2 is 1.54 bits per heavy atom. The number of nitrogens with zero attached hydrogens (tertiary/aromatic N) is 2. The molecule has 0 aliphatic carbocycles. The average Bonchev–Trinajstić information content (AvgIpc) is 3.59. The van der Waals surface area contributed by atoms with Gasteiger partial charge in [-0.25, -0.2) is 9.59 Å². The lowest BCUT2D eigenvalue weighted by atomic mass is 9.74. The second kappa shape index (κ2) is 11.0. The smallest absolute Gasteiger partial charge is 0.330 e. The number of carboxylic acid groups (broad SMARTS) is 1. The molecule has 2 heterocycles. The summed E-state index contributed by atoms with van der Waals surface area (Å²) >= 11 is 1.36. The first kappa shape index (κ1) is 27.8. The second-order valence-corrected chi connectivity index (χ2v) is 11.5. The van der Waals surface area contributed by atoms with E-state index in [9.17, 15) is 24.8 Å². The minimum atomic E-state index is -1.79. The number of hydrogen-bond acceptors (Lipinski definition) is 5. The predicted octanol–water partition coefficient (Wildman–Crippen LogP) is 6.95. The van der Waals surface area contributed by atoms with Gasteiger partial charge in [-0.1, -0.05) is 65.7 Å². The number of thiophene rings is 1. The largest absolute Gasteiger partial charge is 0.479 e. The SMILES string of the molecule is Cc1ccc(NC(=O)N2C(c3ccc(C#N)cc3)C(C(=O)c3ccc(C)cc3)C(c3cccs3)C2(C)C(=O)O)cc1. The van der Waals surface area contributed by atoms with Gasteiger partial charge in [-0.2, -0.15) is 5.26 Å². The van der Waals surface area contributed by atoms with E-state index >= 15 is 0 Å². The van der Waals surface area contributed by atoms with Crippen molar-refractivity contribution in [2.75, 3.05) is 5.32 Å². The summed E-state index contributed by atoms with van der Waals surface area (Å²) in [6.07, 6.45) is 0. The lowest BCUT2D eigenvalue weighted by molar-refractivity contribution is -0.148. The van der Waals surface area contributed by atoms with Crippen molar-refractivity contribution in [1.29, 1.82) is 5.26 Å². The van der Waals surface area contributed by atoms with Gasteiger partial charge in [-0.15, -0.1) is 11.3 Å². The fourth-order valence-corrected chi connectivity index (χ4v) is 6.76. The molecule has 4 unspecified atom stereocenters. The van der Waals surface area contributed by atoms with Crippen LogP contribution in [0.5, 0.6) is 0 Å². The number of amides is 2. The van der Waals surface area contributed by atoms with Crippen molar-refractivity contribution in [3.8, 4) is 6.07 Å². The summed E-state index contributed by atoms with van der Waals surface area (Å²) in [5, 5.41) is 25.0. The molecule has 2 N–H and O–H groups in total. The van der Waals surface area contributed by atoms with E-state index in [2.05, 4.69) is 11.4 Å². The van der Waals surface area contributed by atoms with Crippen molar-refractivity contribution in [3.05, 3.63) is 123 Å². The Balaban J connectivity index is 1.74. The van der Waals surface area contributed by atoms with Crippen LogP contribution >= 0.6 is 11.3 Å². The molecule has 4 atom stereocenters. The van der Waals surface area contributed by atoms with Gasteiger partial charge < -0.3 is 10.4 Å². The number of carbonyl (C=O) groups excluding carboxylic acids is 2. The van der Waals surface area contributed by atoms with Crippen LogP contribution in [0.25, 0.3) is 0 Å². The van der Waals surface area contributed by atoms with Crippen LogP contribution in [0.2, 0.25) is 0 Å². The molecule has 206 valence electrons. The number of carbonyl (C=O) groups is 3. The van der Waals surface area contributed by atoms with Crippen LogP contribution in [-0.4, -0.2) is 33.3 Å². The quantitative estimate of drug-likeness (QED) is 0.247. The molecule has 3 aromatic carbocycles. The Labute approximate surface area is 242 Å². The molecule has 1 saturated heterocycles. The summed E-state index contributed by atoms with van der Waals surface area (Å²) in [7, 11) is 0. The van der Waals surface area contributed by atoms with E-state index in [4.69, 9.17) is 0 Å². The summed E-state index contributed by atoms with van der Waals surface area (Å²) in [5.41, 5.74) is 2.14. The van der Waals surface area contributed by atoms with Crippen LogP contribution in [0, 0.1) is 31.1 Å². The van der Waals surface area contributed by atoms with Crippen molar-refractivity contribution in [3.63, 3.8) is 0 Å². The fourth-order valence-electron chi connectivity index (χ4n) is 5.76. The molecular weight excluding hydrogens is 534 g/mol. The Bertz CT molecular complexity index is 1620. The third-order valence-electron chi connectivity index (χ3n) is 7.91. The molecule has 4 aromatic rings. The van der Waals surface area contributed by atoms with Gasteiger partial charge in [-0.05, 0) is 62.0 Å². The van der Waals surface area contributed by atoms with Crippen molar-refractivity contribution in [2.24, 2.45) is 5.92 Å². The van der Waals surface area contributed by atoms with Gasteiger partial charge in [0, 0.05) is 22.0 Å². The van der Waals surface area contributed by atoms with E-state index in [0.29, 0.717) is 27.3 Å². The Hall–Kier alpha value is -4.74. The highest BCUT2D eigenvalue weighted by Crippen LogP contribution is 2.57. The summed E-state index contributed by atoms with van der Waals surface area (Å²) < 4.78 is 0. The monoisotopic (exact) mass is 563 g/mol. The molecule has 1 aromatic heterocycles. The molecule has 41 heavy (non-hydrogen) atoms.